The number of rotatable bonds is 18. The molecule has 5 heterocycles. The summed E-state index contributed by atoms with van der Waals surface area (Å²) >= 11 is 1.56. The number of aromatic nitrogens is 3. The standard InChI is InChI=1S/C65H76F5N11O6S/c1-38-34-80(35-39(2)77(38)8)54-31-52(67)50(30-53(54)75-60(85)49-21-20-47(66)28-51(49)65(68,69)70)46-32-71-63(72-33-46)79-24-22-78(23-25-79)57(84)15-10-9-12-42-13-11-14-43(26-42)27-56(83)76-59(64(5,6)7)62(87)81-36-48(82)29-55(81)61(86)74-40(3)44-16-18-45(19-17-44)58-41(4)73-37-88-58/h11,13-14,16-21,26,28,30-33,37-40,48,55,59,82H,9-10,12,15,22-25,27,29,34-36H2,1-8H3,(H,74,86)(H,75,85)(H,76,83)/t38-,39+,40-,48+,55-,59+/m0/s1. The van der Waals surface area contributed by atoms with Gasteiger partial charge in [-0.05, 0) is 112 Å². The lowest BCUT2D eigenvalue weighted by atomic mass is 9.85. The fourth-order valence-corrected chi connectivity index (χ4v) is 12.5. The number of alkyl halides is 3. The van der Waals surface area contributed by atoms with Crippen molar-refractivity contribution in [3.63, 3.8) is 0 Å². The van der Waals surface area contributed by atoms with Gasteiger partial charge >= 0.3 is 6.18 Å². The molecule has 9 rings (SSSR count). The average Bonchev–Trinajstić information content (AvgIpc) is 1.78. The van der Waals surface area contributed by atoms with Crippen LogP contribution in [0.2, 0.25) is 0 Å². The van der Waals surface area contributed by atoms with Crippen molar-refractivity contribution < 1.29 is 51.0 Å². The number of β-amino-alcohol motifs (C(OH)–C–C–N with tert-alkyl or cyclic N) is 1. The summed E-state index contributed by atoms with van der Waals surface area (Å²) in [5.74, 6) is -3.82. The first kappa shape index (κ1) is 64.6. The van der Waals surface area contributed by atoms with E-state index in [0.29, 0.717) is 64.5 Å². The molecule has 0 aliphatic carbocycles. The van der Waals surface area contributed by atoms with Crippen molar-refractivity contribution in [2.75, 3.05) is 68.0 Å². The van der Waals surface area contributed by atoms with Crippen LogP contribution in [0.1, 0.15) is 112 Å². The van der Waals surface area contributed by atoms with Crippen LogP contribution in [0.15, 0.2) is 96.8 Å². The van der Waals surface area contributed by atoms with Crippen LogP contribution < -0.4 is 25.8 Å². The zero-order valence-corrected chi connectivity index (χ0v) is 51.6. The lowest BCUT2D eigenvalue weighted by molar-refractivity contribution is -0.144. The van der Waals surface area contributed by atoms with E-state index in [-0.39, 0.29) is 77.9 Å². The topological polar surface area (TPSA) is 197 Å². The number of thiazole rings is 1. The minimum atomic E-state index is -5.03. The molecule has 4 aromatic carbocycles. The maximum Gasteiger partial charge on any atom is 0.417 e. The van der Waals surface area contributed by atoms with Crippen LogP contribution in [0.3, 0.4) is 0 Å². The first-order valence-corrected chi connectivity index (χ1v) is 30.6. The van der Waals surface area contributed by atoms with Gasteiger partial charge in [0.15, 0.2) is 0 Å². The first-order chi connectivity index (χ1) is 41.7. The number of aryl methyl sites for hydroxylation is 2. The zero-order valence-electron chi connectivity index (χ0n) is 50.8. The van der Waals surface area contributed by atoms with Gasteiger partial charge in [0, 0.05) is 94.3 Å². The number of piperazine rings is 2. The largest absolute Gasteiger partial charge is 0.417 e. The Balaban J connectivity index is 0.748. The number of nitrogens with one attached hydrogen (secondary N) is 3. The molecule has 17 nitrogen and oxygen atoms in total. The molecule has 6 aromatic rings. The smallest absolute Gasteiger partial charge is 0.391 e. The molecule has 23 heteroatoms. The minimum absolute atomic E-state index is 0.00416. The fraction of sp³-hybridized carbons (Fsp3) is 0.446. The van der Waals surface area contributed by atoms with Gasteiger partial charge in [0.25, 0.3) is 5.91 Å². The summed E-state index contributed by atoms with van der Waals surface area (Å²) in [7, 11) is 1.96. The Bertz CT molecular complexity index is 3490. The number of hydrogen-bond acceptors (Lipinski definition) is 13. The molecular weight excluding hydrogens is 1160 g/mol. The summed E-state index contributed by atoms with van der Waals surface area (Å²) in [6.07, 6.45) is -0.663. The molecular formula is C65H76F5N11O6S. The molecule has 4 N–H and O–H groups in total. The Kier molecular flexibility index (Phi) is 20.0. The third-order valence-corrected chi connectivity index (χ3v) is 17.9. The number of likely N-dealkylation sites (tertiary alicyclic amines) is 1. The molecule has 0 radical (unpaired) electrons. The van der Waals surface area contributed by atoms with Crippen molar-refractivity contribution in [2.45, 2.75) is 129 Å². The second-order valence-corrected chi connectivity index (χ2v) is 25.3. The van der Waals surface area contributed by atoms with Gasteiger partial charge in [-0.15, -0.1) is 11.3 Å². The van der Waals surface area contributed by atoms with E-state index < -0.39 is 70.3 Å². The molecule has 0 saturated carbocycles. The number of nitrogens with zero attached hydrogens (tertiary/aromatic N) is 8. The van der Waals surface area contributed by atoms with Gasteiger partial charge in [-0.3, -0.25) is 28.9 Å². The highest BCUT2D eigenvalue weighted by molar-refractivity contribution is 7.13. The van der Waals surface area contributed by atoms with Crippen LogP contribution in [0, 0.1) is 24.0 Å². The molecule has 3 fully saturated rings. The summed E-state index contributed by atoms with van der Waals surface area (Å²) in [5, 5.41) is 19.3. The van der Waals surface area contributed by atoms with Crippen molar-refractivity contribution in [3.8, 4) is 21.6 Å². The summed E-state index contributed by atoms with van der Waals surface area (Å²) in [6.45, 7) is 15.9. The maximum absolute atomic E-state index is 16.3. The quantitative estimate of drug-likeness (QED) is 0.0471. The van der Waals surface area contributed by atoms with Crippen molar-refractivity contribution >= 4 is 58.2 Å². The Morgan fingerprint density at radius 1 is 0.795 bits per heavy atom. The third-order valence-electron chi connectivity index (χ3n) is 17.0. The normalized spacial score (nSPS) is 19.1. The average molecular weight is 1230 g/mol. The van der Waals surface area contributed by atoms with E-state index in [1.54, 1.807) is 21.7 Å². The zero-order chi connectivity index (χ0) is 63.4. The van der Waals surface area contributed by atoms with Gasteiger partial charge in [0.2, 0.25) is 29.6 Å². The molecule has 468 valence electrons. The van der Waals surface area contributed by atoms with Crippen LogP contribution in [0.5, 0.6) is 0 Å². The number of benzene rings is 4. The summed E-state index contributed by atoms with van der Waals surface area (Å²) in [4.78, 5) is 92.5. The highest BCUT2D eigenvalue weighted by Crippen LogP contribution is 2.39. The SMILES string of the molecule is Cc1ncsc1-c1ccc([C@H](C)NC(=O)[C@@H]2C[C@@H](O)CN2C(=O)[C@@H](NC(=O)Cc2cccc(CCCCC(=O)N3CCN(c4ncc(-c5cc(NC(=O)c6ccc(F)cc6C(F)(F)F)c(N6C[C@@H](C)N(C)[C@@H](C)C6)cc5F)cn4)CC3)c2)C(C)(C)C)cc1. The molecule has 5 amide bonds. The maximum atomic E-state index is 16.3. The third kappa shape index (κ3) is 15.3. The number of amides is 5. The summed E-state index contributed by atoms with van der Waals surface area (Å²) < 4.78 is 72.3. The number of carbonyl (C=O) groups excluding carboxylic acids is 5. The van der Waals surface area contributed by atoms with Crippen LogP contribution in [-0.4, -0.2) is 147 Å². The van der Waals surface area contributed by atoms with Gasteiger partial charge in [-0.1, -0.05) is 69.3 Å². The van der Waals surface area contributed by atoms with Crippen molar-refractivity contribution in [1.29, 1.82) is 0 Å². The molecule has 0 unspecified atom stereocenters. The molecule has 3 aliphatic heterocycles. The van der Waals surface area contributed by atoms with Crippen molar-refractivity contribution in [2.24, 2.45) is 5.41 Å². The molecule has 3 aliphatic rings. The van der Waals surface area contributed by atoms with E-state index in [4.69, 9.17) is 0 Å². The molecule has 2 aromatic heterocycles. The lowest BCUT2D eigenvalue weighted by Crippen LogP contribution is -2.58. The summed E-state index contributed by atoms with van der Waals surface area (Å²) in [6, 6.07) is 17.7. The van der Waals surface area contributed by atoms with E-state index >= 15 is 4.39 Å². The highest BCUT2D eigenvalue weighted by Gasteiger charge is 2.45. The molecule has 6 atom stereocenters. The number of halogens is 5. The predicted molar refractivity (Wildman–Crippen MR) is 329 cm³/mol. The number of carbonyl (C=O) groups is 5. The monoisotopic (exact) mass is 1230 g/mol. The Labute approximate surface area is 513 Å². The van der Waals surface area contributed by atoms with Crippen molar-refractivity contribution in [3.05, 3.63) is 142 Å². The highest BCUT2D eigenvalue weighted by atomic mass is 32.1. The van der Waals surface area contributed by atoms with Crippen LogP contribution >= 0.6 is 11.3 Å². The second-order valence-electron chi connectivity index (χ2n) is 24.5. The molecule has 3 saturated heterocycles. The fourth-order valence-electron chi connectivity index (χ4n) is 11.7. The van der Waals surface area contributed by atoms with Gasteiger partial charge in [-0.2, -0.15) is 13.2 Å². The van der Waals surface area contributed by atoms with Crippen LogP contribution in [0.4, 0.5) is 39.3 Å². The molecule has 88 heavy (non-hydrogen) atoms. The number of aliphatic hydroxyl groups is 1. The lowest BCUT2D eigenvalue weighted by Gasteiger charge is -2.44. The van der Waals surface area contributed by atoms with Gasteiger partial charge < -0.3 is 40.7 Å². The number of unbranched alkanes of at least 4 members (excludes halogenated alkanes) is 1. The number of hydrogen-bond donors (Lipinski definition) is 4. The Morgan fingerprint density at radius 3 is 2.12 bits per heavy atom. The second kappa shape index (κ2) is 27.2. The minimum Gasteiger partial charge on any atom is -0.391 e. The van der Waals surface area contributed by atoms with Crippen molar-refractivity contribution in [1.82, 2.24) is 40.3 Å². The number of aliphatic hydroxyl groups excluding tert-OH is 1. The van der Waals surface area contributed by atoms with E-state index in [0.717, 1.165) is 51.4 Å². The first-order valence-electron chi connectivity index (χ1n) is 29.7. The van der Waals surface area contributed by atoms with Gasteiger partial charge in [0.1, 0.15) is 23.7 Å². The van der Waals surface area contributed by atoms with E-state index in [1.807, 2.05) is 114 Å². The number of anilines is 3. The van der Waals surface area contributed by atoms with Crippen LogP contribution in [0.25, 0.3) is 21.6 Å². The van der Waals surface area contributed by atoms with Gasteiger partial charge in [-0.25, -0.2) is 23.7 Å². The van der Waals surface area contributed by atoms with E-state index in [1.165, 1.54) is 29.4 Å². The summed E-state index contributed by atoms with van der Waals surface area (Å²) in [5.41, 5.74) is 3.98. The predicted octanol–water partition coefficient (Wildman–Crippen LogP) is 9.63. The van der Waals surface area contributed by atoms with E-state index in [9.17, 15) is 46.6 Å². The Morgan fingerprint density at radius 2 is 1.48 bits per heavy atom. The van der Waals surface area contributed by atoms with E-state index in [2.05, 4.69) is 35.8 Å². The number of likely N-dealkylation sites (N-methyl/N-ethyl adjacent to an activating group) is 1. The molecule has 0 bridgehead atoms. The molecule has 0 spiro atoms. The van der Waals surface area contributed by atoms with Crippen LogP contribution in [-0.2, 0) is 38.2 Å². The van der Waals surface area contributed by atoms with Gasteiger partial charge in [0.05, 0.1) is 57.1 Å². The Hall–Kier alpha value is -7.89.